The van der Waals surface area contributed by atoms with Crippen LogP contribution in [-0.4, -0.2) is 62.1 Å². The summed E-state index contributed by atoms with van der Waals surface area (Å²) in [6, 6.07) is 23.4. The van der Waals surface area contributed by atoms with Crippen molar-refractivity contribution in [1.82, 2.24) is 9.80 Å². The van der Waals surface area contributed by atoms with Gasteiger partial charge in [-0.25, -0.2) is 0 Å². The van der Waals surface area contributed by atoms with Crippen molar-refractivity contribution >= 4 is 35.0 Å². The monoisotopic (exact) mass is 561 g/mol. The molecule has 1 amide bonds. The van der Waals surface area contributed by atoms with Crippen molar-refractivity contribution in [3.05, 3.63) is 94.1 Å². The second-order valence-electron chi connectivity index (χ2n) is 9.99. The summed E-state index contributed by atoms with van der Waals surface area (Å²) in [6.45, 7) is 8.78. The van der Waals surface area contributed by atoms with E-state index in [1.807, 2.05) is 65.6 Å². The SMILES string of the molecule is COc1ccccc1N1CCN(CCN(Cc2cccc3c(=O)c(C)c(-c4ccccc4)oc23)C(C)=O)CC1.Cl. The van der Waals surface area contributed by atoms with Crippen LogP contribution < -0.4 is 15.1 Å². The number of nitrogens with zero attached hydrogens (tertiary/aromatic N) is 3. The number of carbonyl (C=O) groups excluding carboxylic acids is 1. The highest BCUT2D eigenvalue weighted by Crippen LogP contribution is 2.29. The van der Waals surface area contributed by atoms with Crippen LogP contribution in [0, 0.1) is 6.92 Å². The van der Waals surface area contributed by atoms with E-state index in [9.17, 15) is 9.59 Å². The van der Waals surface area contributed by atoms with Gasteiger partial charge in [0.15, 0.2) is 5.43 Å². The molecule has 1 aliphatic rings. The van der Waals surface area contributed by atoms with Gasteiger partial charge in [0.1, 0.15) is 17.1 Å². The summed E-state index contributed by atoms with van der Waals surface area (Å²) in [5, 5.41) is 0.542. The Bertz CT molecular complexity index is 1510. The van der Waals surface area contributed by atoms with Gasteiger partial charge in [0.2, 0.25) is 5.91 Å². The lowest BCUT2D eigenvalue weighted by Gasteiger charge is -2.37. The fourth-order valence-corrected chi connectivity index (χ4v) is 5.28. The zero-order valence-electron chi connectivity index (χ0n) is 23.3. The van der Waals surface area contributed by atoms with Crippen molar-refractivity contribution < 1.29 is 13.9 Å². The predicted molar refractivity (Wildman–Crippen MR) is 163 cm³/mol. The van der Waals surface area contributed by atoms with Crippen LogP contribution in [-0.2, 0) is 11.3 Å². The molecule has 5 rings (SSSR count). The van der Waals surface area contributed by atoms with Gasteiger partial charge >= 0.3 is 0 Å². The first kappa shape index (κ1) is 29.2. The molecule has 1 aromatic heterocycles. The maximum atomic E-state index is 13.2. The van der Waals surface area contributed by atoms with E-state index in [-0.39, 0.29) is 23.7 Å². The molecule has 1 fully saturated rings. The lowest BCUT2D eigenvalue weighted by atomic mass is 10.0. The molecule has 40 heavy (non-hydrogen) atoms. The average Bonchev–Trinajstić information content (AvgIpc) is 2.97. The molecule has 2 heterocycles. The van der Waals surface area contributed by atoms with E-state index in [1.54, 1.807) is 27.0 Å². The fourth-order valence-electron chi connectivity index (χ4n) is 5.28. The summed E-state index contributed by atoms with van der Waals surface area (Å²) in [7, 11) is 1.70. The number of carbonyl (C=O) groups is 1. The van der Waals surface area contributed by atoms with Gasteiger partial charge in [0.05, 0.1) is 18.2 Å². The Morgan fingerprint density at radius 3 is 2.35 bits per heavy atom. The highest BCUT2D eigenvalue weighted by molar-refractivity contribution is 5.85. The van der Waals surface area contributed by atoms with Gasteiger partial charge in [-0.15, -0.1) is 12.4 Å². The summed E-state index contributed by atoms with van der Waals surface area (Å²) in [4.78, 5) is 32.5. The van der Waals surface area contributed by atoms with Crippen molar-refractivity contribution in [3.8, 4) is 17.1 Å². The molecule has 0 saturated carbocycles. The molecular weight excluding hydrogens is 526 g/mol. The van der Waals surface area contributed by atoms with Gasteiger partial charge in [-0.3, -0.25) is 14.5 Å². The molecule has 8 heteroatoms. The molecule has 0 radical (unpaired) electrons. The number of benzene rings is 3. The number of amides is 1. The molecule has 0 spiro atoms. The second-order valence-corrected chi connectivity index (χ2v) is 9.99. The molecule has 4 aromatic rings. The van der Waals surface area contributed by atoms with Gasteiger partial charge in [-0.2, -0.15) is 0 Å². The molecule has 3 aromatic carbocycles. The first-order valence-corrected chi connectivity index (χ1v) is 13.4. The van der Waals surface area contributed by atoms with Crippen LogP contribution in [0.1, 0.15) is 18.1 Å². The standard InChI is InChI=1S/C32H35N3O4.ClH/c1-23-30(37)27-13-9-12-26(32(27)39-31(23)25-10-5-4-6-11-25)22-35(24(2)36)21-18-33-16-19-34(20-17-33)28-14-7-8-15-29(28)38-3;/h4-15H,16-22H2,1-3H3;1H. The van der Waals surface area contributed by atoms with Crippen molar-refractivity contribution in [3.63, 3.8) is 0 Å². The summed E-state index contributed by atoms with van der Waals surface area (Å²) in [5.74, 6) is 1.46. The van der Waals surface area contributed by atoms with Crippen LogP contribution >= 0.6 is 12.4 Å². The zero-order chi connectivity index (χ0) is 27.4. The topological polar surface area (TPSA) is 66.2 Å². The summed E-state index contributed by atoms with van der Waals surface area (Å²) in [6.07, 6.45) is 0. The third-order valence-corrected chi connectivity index (χ3v) is 7.55. The number of halogens is 1. The minimum absolute atomic E-state index is 0. The highest BCUT2D eigenvalue weighted by atomic mass is 35.5. The summed E-state index contributed by atoms with van der Waals surface area (Å²) in [5.41, 5.74) is 3.90. The number of fused-ring (bicyclic) bond motifs is 1. The number of hydrogen-bond donors (Lipinski definition) is 0. The van der Waals surface area contributed by atoms with E-state index in [0.29, 0.717) is 35.4 Å². The summed E-state index contributed by atoms with van der Waals surface area (Å²) >= 11 is 0. The van der Waals surface area contributed by atoms with E-state index in [1.165, 1.54) is 0 Å². The second kappa shape index (κ2) is 13.0. The number of hydrogen-bond acceptors (Lipinski definition) is 6. The molecule has 0 N–H and O–H groups in total. The van der Waals surface area contributed by atoms with E-state index in [0.717, 1.165) is 55.3 Å². The molecule has 7 nitrogen and oxygen atoms in total. The summed E-state index contributed by atoms with van der Waals surface area (Å²) < 4.78 is 11.9. The molecule has 0 unspecified atom stereocenters. The lowest BCUT2D eigenvalue weighted by molar-refractivity contribution is -0.129. The number of anilines is 1. The van der Waals surface area contributed by atoms with Crippen molar-refractivity contribution in [2.45, 2.75) is 20.4 Å². The van der Waals surface area contributed by atoms with E-state index in [2.05, 4.69) is 15.9 Å². The van der Waals surface area contributed by atoms with Gasteiger partial charge < -0.3 is 19.0 Å². The van der Waals surface area contributed by atoms with Crippen LogP contribution in [0.2, 0.25) is 0 Å². The maximum absolute atomic E-state index is 13.2. The van der Waals surface area contributed by atoms with E-state index in [4.69, 9.17) is 9.15 Å². The smallest absolute Gasteiger partial charge is 0.219 e. The average molecular weight is 562 g/mol. The molecule has 1 aliphatic heterocycles. The normalized spacial score (nSPS) is 13.6. The van der Waals surface area contributed by atoms with Gasteiger partial charge in [-0.05, 0) is 25.1 Å². The van der Waals surface area contributed by atoms with Crippen LogP contribution in [0.4, 0.5) is 5.69 Å². The van der Waals surface area contributed by atoms with Crippen molar-refractivity contribution in [2.24, 2.45) is 0 Å². The van der Waals surface area contributed by atoms with Crippen molar-refractivity contribution in [1.29, 1.82) is 0 Å². The molecule has 0 aliphatic carbocycles. The lowest BCUT2D eigenvalue weighted by Crippen LogP contribution is -2.48. The Morgan fingerprint density at radius 2 is 1.65 bits per heavy atom. The Hall–Kier alpha value is -3.81. The van der Waals surface area contributed by atoms with Crippen LogP contribution in [0.15, 0.2) is 82.0 Å². The van der Waals surface area contributed by atoms with E-state index >= 15 is 0 Å². The van der Waals surface area contributed by atoms with Gasteiger partial charge in [-0.1, -0.05) is 54.6 Å². The minimum Gasteiger partial charge on any atom is -0.495 e. The minimum atomic E-state index is -0.0424. The Balaban J connectivity index is 0.00000370. The molecular formula is C32H36ClN3O4. The number of piperazine rings is 1. The Morgan fingerprint density at radius 1 is 0.950 bits per heavy atom. The van der Waals surface area contributed by atoms with Gasteiger partial charge in [0, 0.05) is 69.4 Å². The van der Waals surface area contributed by atoms with Crippen LogP contribution in [0.25, 0.3) is 22.3 Å². The third-order valence-electron chi connectivity index (χ3n) is 7.55. The first-order valence-electron chi connectivity index (χ1n) is 13.4. The van der Waals surface area contributed by atoms with Crippen LogP contribution in [0.3, 0.4) is 0 Å². The Kier molecular flexibility index (Phi) is 9.50. The number of methoxy groups -OCH3 is 1. The predicted octanol–water partition coefficient (Wildman–Crippen LogP) is 5.37. The quantitative estimate of drug-likeness (QED) is 0.288. The Labute approximate surface area is 241 Å². The third kappa shape index (κ3) is 6.16. The number of rotatable bonds is 8. The largest absolute Gasteiger partial charge is 0.495 e. The number of para-hydroxylation sites is 3. The van der Waals surface area contributed by atoms with E-state index < -0.39 is 0 Å². The first-order chi connectivity index (χ1) is 19.0. The molecule has 1 saturated heterocycles. The molecule has 0 atom stereocenters. The maximum Gasteiger partial charge on any atom is 0.219 e. The zero-order valence-corrected chi connectivity index (χ0v) is 24.1. The highest BCUT2D eigenvalue weighted by Gasteiger charge is 2.22. The number of ether oxygens (including phenoxy) is 1. The molecule has 0 bridgehead atoms. The van der Waals surface area contributed by atoms with Crippen molar-refractivity contribution in [2.75, 3.05) is 51.3 Å². The van der Waals surface area contributed by atoms with Crippen LogP contribution in [0.5, 0.6) is 5.75 Å². The fraction of sp³-hybridized carbons (Fsp3) is 0.312. The van der Waals surface area contributed by atoms with Gasteiger partial charge in [0.25, 0.3) is 0 Å². The molecule has 210 valence electrons.